The van der Waals surface area contributed by atoms with Crippen molar-refractivity contribution in [2.45, 2.75) is 19.4 Å². The topological polar surface area (TPSA) is 77.5 Å². The van der Waals surface area contributed by atoms with E-state index in [2.05, 4.69) is 61.8 Å². The minimum Gasteiger partial charge on any atom is -0.388 e. The fraction of sp³-hybridized carbons (Fsp3) is 0.348. The molecule has 1 fully saturated rings. The van der Waals surface area contributed by atoms with Crippen LogP contribution in [0, 0.1) is 0 Å². The van der Waals surface area contributed by atoms with E-state index >= 15 is 0 Å². The normalized spacial score (nSPS) is 15.5. The fourth-order valence-electron chi connectivity index (χ4n) is 3.84. The molecule has 1 aromatic carbocycles. The van der Waals surface area contributed by atoms with Gasteiger partial charge in [-0.15, -0.1) is 11.3 Å². The molecule has 3 aromatic rings. The van der Waals surface area contributed by atoms with Crippen LogP contribution in [0.1, 0.15) is 17.5 Å². The highest BCUT2D eigenvalue weighted by atomic mass is 32.1. The van der Waals surface area contributed by atoms with E-state index in [1.54, 1.807) is 0 Å². The molecule has 5 rings (SSSR count). The molecule has 7 nitrogen and oxygen atoms in total. The number of anilines is 2. The van der Waals surface area contributed by atoms with Gasteiger partial charge in [0.2, 0.25) is 5.13 Å². The van der Waals surface area contributed by atoms with E-state index in [1.807, 2.05) is 24.6 Å². The summed E-state index contributed by atoms with van der Waals surface area (Å²) in [5.74, 6) is 0.985. The van der Waals surface area contributed by atoms with E-state index in [4.69, 9.17) is 4.98 Å². The molecule has 0 radical (unpaired) electrons. The summed E-state index contributed by atoms with van der Waals surface area (Å²) in [6.45, 7) is 8.73. The molecule has 0 aliphatic carbocycles. The van der Waals surface area contributed by atoms with Crippen molar-refractivity contribution in [2.75, 3.05) is 43.6 Å². The first kappa shape index (κ1) is 21.4. The largest absolute Gasteiger partial charge is 0.388 e. The van der Waals surface area contributed by atoms with Crippen LogP contribution in [0.2, 0.25) is 0 Å². The summed E-state index contributed by atoms with van der Waals surface area (Å²) in [5, 5.41) is 12.3. The Hall–Kier alpha value is -2.81. The zero-order chi connectivity index (χ0) is 21.5. The van der Waals surface area contributed by atoms with Crippen molar-refractivity contribution in [3.05, 3.63) is 52.9 Å². The summed E-state index contributed by atoms with van der Waals surface area (Å²) in [4.78, 5) is 15.5. The van der Waals surface area contributed by atoms with Gasteiger partial charge in [-0.1, -0.05) is 18.2 Å². The van der Waals surface area contributed by atoms with Crippen LogP contribution in [0.15, 0.2) is 46.8 Å². The van der Waals surface area contributed by atoms with E-state index in [-0.39, 0.29) is 0 Å². The highest BCUT2D eigenvalue weighted by Crippen LogP contribution is 2.30. The van der Waals surface area contributed by atoms with Crippen LogP contribution in [0.25, 0.3) is 11.4 Å². The highest BCUT2D eigenvalue weighted by molar-refractivity contribution is 7.13. The lowest BCUT2D eigenvalue weighted by atomic mass is 9.97. The van der Waals surface area contributed by atoms with Gasteiger partial charge in [0.15, 0.2) is 0 Å². The van der Waals surface area contributed by atoms with Crippen LogP contribution in [-0.4, -0.2) is 50.0 Å². The molecule has 0 atom stereocenters. The van der Waals surface area contributed by atoms with Crippen LogP contribution >= 0.6 is 11.3 Å². The summed E-state index contributed by atoms with van der Waals surface area (Å²) in [6, 6.07) is 12.5. The number of hydrogen-bond acceptors (Lipinski definition) is 8. The quantitative estimate of drug-likeness (QED) is 0.543. The average molecular weight is 436 g/mol. The lowest BCUT2D eigenvalue weighted by molar-refractivity contribution is 0.496. The lowest BCUT2D eigenvalue weighted by Gasteiger charge is -2.31. The SMILES string of the molecule is C1CNCNC1.C=Nc1nc(-c2cccc(N3CCc4c(cccc4NC)C3)n2)cs1. The lowest BCUT2D eigenvalue weighted by Crippen LogP contribution is -2.37. The van der Waals surface area contributed by atoms with Crippen LogP contribution in [0.3, 0.4) is 0 Å². The number of nitrogens with one attached hydrogen (secondary N) is 3. The van der Waals surface area contributed by atoms with Gasteiger partial charge < -0.3 is 20.9 Å². The van der Waals surface area contributed by atoms with Gasteiger partial charge in [-0.25, -0.2) is 15.0 Å². The van der Waals surface area contributed by atoms with E-state index < -0.39 is 0 Å². The van der Waals surface area contributed by atoms with Crippen LogP contribution in [0.5, 0.6) is 0 Å². The standard InChI is InChI=1S/C19H19N5S.C4H10N2/c1-20-15-6-3-5-13-11-24(10-9-14(13)15)18-8-4-7-16(22-18)17-12-25-19(21-2)23-17;1-2-5-4-6-3-1/h3-8,12,20H,2,9-11H2,1H3;5-6H,1-4H2. The predicted molar refractivity (Wildman–Crippen MR) is 131 cm³/mol. The van der Waals surface area contributed by atoms with Gasteiger partial charge in [0, 0.05) is 37.9 Å². The van der Waals surface area contributed by atoms with Crippen molar-refractivity contribution < 1.29 is 0 Å². The summed E-state index contributed by atoms with van der Waals surface area (Å²) in [7, 11) is 1.98. The maximum atomic E-state index is 4.82. The highest BCUT2D eigenvalue weighted by Gasteiger charge is 2.20. The molecule has 0 amide bonds. The molecular formula is C23H29N7S. The number of fused-ring (bicyclic) bond motifs is 1. The number of aromatic nitrogens is 2. The van der Waals surface area contributed by atoms with Crippen LogP contribution in [-0.2, 0) is 13.0 Å². The molecule has 0 saturated carbocycles. The number of hydrogen-bond donors (Lipinski definition) is 3. The molecule has 2 aliphatic heterocycles. The Morgan fingerprint density at radius 3 is 2.61 bits per heavy atom. The molecule has 1 saturated heterocycles. The molecular weight excluding hydrogens is 406 g/mol. The fourth-order valence-corrected chi connectivity index (χ4v) is 4.46. The number of benzene rings is 1. The zero-order valence-electron chi connectivity index (χ0n) is 17.9. The maximum absolute atomic E-state index is 4.82. The molecule has 2 aliphatic rings. The van der Waals surface area contributed by atoms with Crippen LogP contribution < -0.4 is 20.9 Å². The summed E-state index contributed by atoms with van der Waals surface area (Å²) in [6.07, 6.45) is 2.29. The Balaban J connectivity index is 0.000000334. The van der Waals surface area contributed by atoms with Crippen molar-refractivity contribution in [2.24, 2.45) is 4.99 Å². The summed E-state index contributed by atoms with van der Waals surface area (Å²) < 4.78 is 0. The third kappa shape index (κ3) is 5.28. The Bertz CT molecular complexity index is 1000. The number of nitrogens with zero attached hydrogens (tertiary/aromatic N) is 4. The van der Waals surface area contributed by atoms with Crippen LogP contribution in [0.4, 0.5) is 16.6 Å². The van der Waals surface area contributed by atoms with Gasteiger partial charge >= 0.3 is 0 Å². The average Bonchev–Trinajstić information content (AvgIpc) is 3.34. The minimum atomic E-state index is 0.675. The van der Waals surface area contributed by atoms with Crippen molar-refractivity contribution in [3.63, 3.8) is 0 Å². The van der Waals surface area contributed by atoms with E-state index in [0.29, 0.717) is 5.13 Å². The monoisotopic (exact) mass is 435 g/mol. The molecule has 8 heteroatoms. The Kier molecular flexibility index (Phi) is 7.24. The van der Waals surface area contributed by atoms with Gasteiger partial charge in [-0.2, -0.15) is 0 Å². The molecule has 0 unspecified atom stereocenters. The number of rotatable bonds is 4. The molecule has 3 N–H and O–H groups in total. The first-order valence-corrected chi connectivity index (χ1v) is 11.5. The molecule has 162 valence electrons. The van der Waals surface area contributed by atoms with Gasteiger partial charge in [0.1, 0.15) is 11.5 Å². The third-order valence-electron chi connectivity index (χ3n) is 5.44. The molecule has 4 heterocycles. The molecule has 0 spiro atoms. The van der Waals surface area contributed by atoms with E-state index in [0.717, 1.165) is 43.4 Å². The van der Waals surface area contributed by atoms with Gasteiger partial charge in [0.05, 0.1) is 5.69 Å². The van der Waals surface area contributed by atoms with E-state index in [9.17, 15) is 0 Å². The van der Waals surface area contributed by atoms with Crippen molar-refractivity contribution >= 4 is 34.7 Å². The second-order valence-electron chi connectivity index (χ2n) is 7.45. The number of aliphatic imine (C=N–C) groups is 1. The second kappa shape index (κ2) is 10.5. The molecule has 2 aromatic heterocycles. The Morgan fingerprint density at radius 1 is 1.10 bits per heavy atom. The van der Waals surface area contributed by atoms with Gasteiger partial charge in [-0.05, 0) is 62.0 Å². The van der Waals surface area contributed by atoms with Gasteiger partial charge in [-0.3, -0.25) is 0 Å². The third-order valence-corrected chi connectivity index (χ3v) is 6.21. The Morgan fingerprint density at radius 2 is 1.94 bits per heavy atom. The first-order valence-electron chi connectivity index (χ1n) is 10.6. The summed E-state index contributed by atoms with van der Waals surface area (Å²) in [5.41, 5.74) is 5.73. The van der Waals surface area contributed by atoms with Gasteiger partial charge in [0.25, 0.3) is 0 Å². The van der Waals surface area contributed by atoms with Crippen molar-refractivity contribution in [3.8, 4) is 11.4 Å². The second-order valence-corrected chi connectivity index (χ2v) is 8.29. The number of pyridine rings is 1. The molecule has 31 heavy (non-hydrogen) atoms. The van der Waals surface area contributed by atoms with Crippen molar-refractivity contribution in [1.29, 1.82) is 0 Å². The Labute approximate surface area is 187 Å². The zero-order valence-corrected chi connectivity index (χ0v) is 18.7. The number of thiazole rings is 1. The first-order chi connectivity index (χ1) is 15.3. The van der Waals surface area contributed by atoms with E-state index in [1.165, 1.54) is 47.7 Å². The minimum absolute atomic E-state index is 0.675. The van der Waals surface area contributed by atoms with Crippen molar-refractivity contribution in [1.82, 2.24) is 20.6 Å². The molecule has 0 bridgehead atoms. The maximum Gasteiger partial charge on any atom is 0.209 e. The smallest absolute Gasteiger partial charge is 0.209 e. The predicted octanol–water partition coefficient (Wildman–Crippen LogP) is 3.67. The summed E-state index contributed by atoms with van der Waals surface area (Å²) >= 11 is 1.48.